The minimum absolute atomic E-state index is 0.579. The maximum absolute atomic E-state index is 8.89. The minimum atomic E-state index is 0.579. The molecular weight excluding hydrogens is 218 g/mol. The van der Waals surface area contributed by atoms with Gasteiger partial charge >= 0.3 is 0 Å². The summed E-state index contributed by atoms with van der Waals surface area (Å²) in [4.78, 5) is 6.68. The van der Waals surface area contributed by atoms with E-state index < -0.39 is 0 Å². The molecule has 0 radical (unpaired) electrons. The monoisotopic (exact) mass is 229 g/mol. The molecule has 0 amide bonds. The van der Waals surface area contributed by atoms with Crippen LogP contribution < -0.4 is 5.32 Å². The van der Waals surface area contributed by atoms with E-state index in [0.717, 1.165) is 0 Å². The number of rotatable bonds is 3. The zero-order valence-electron chi connectivity index (χ0n) is 8.90. The normalized spacial score (nSPS) is 9.75. The standard InChI is InChI=1S/C12H11N3S/c1-9-4-5-11(16-9)8-15-12-10(7-13)3-2-6-14-12/h2-6H,8H2,1H3,(H,14,15). The van der Waals surface area contributed by atoms with Crippen molar-refractivity contribution in [2.24, 2.45) is 0 Å². The van der Waals surface area contributed by atoms with E-state index in [9.17, 15) is 0 Å². The number of hydrogen-bond donors (Lipinski definition) is 1. The number of thiophene rings is 1. The SMILES string of the molecule is Cc1ccc(CNc2ncccc2C#N)s1. The lowest BCUT2D eigenvalue weighted by molar-refractivity contribution is 1.13. The van der Waals surface area contributed by atoms with Gasteiger partial charge in [-0.15, -0.1) is 11.3 Å². The topological polar surface area (TPSA) is 48.7 Å². The number of pyridine rings is 1. The maximum Gasteiger partial charge on any atom is 0.144 e. The molecule has 3 nitrogen and oxygen atoms in total. The predicted molar refractivity (Wildman–Crippen MR) is 65.3 cm³/mol. The fourth-order valence-corrected chi connectivity index (χ4v) is 2.22. The summed E-state index contributed by atoms with van der Waals surface area (Å²) in [6.45, 7) is 2.79. The summed E-state index contributed by atoms with van der Waals surface area (Å²) in [5.41, 5.74) is 0.579. The summed E-state index contributed by atoms with van der Waals surface area (Å²) in [6, 6.07) is 9.81. The van der Waals surface area contributed by atoms with Gasteiger partial charge in [-0.05, 0) is 31.2 Å². The molecule has 2 aromatic heterocycles. The van der Waals surface area contributed by atoms with Crippen molar-refractivity contribution in [1.82, 2.24) is 4.98 Å². The van der Waals surface area contributed by atoms with Gasteiger partial charge in [0, 0.05) is 16.0 Å². The zero-order chi connectivity index (χ0) is 11.4. The Bertz CT molecular complexity index is 525. The molecule has 0 aliphatic carbocycles. The van der Waals surface area contributed by atoms with Crippen LogP contribution in [-0.4, -0.2) is 4.98 Å². The molecule has 0 fully saturated rings. The first-order valence-corrected chi connectivity index (χ1v) is 5.75. The van der Waals surface area contributed by atoms with Gasteiger partial charge in [-0.25, -0.2) is 4.98 Å². The van der Waals surface area contributed by atoms with Crippen LogP contribution in [0.25, 0.3) is 0 Å². The Morgan fingerprint density at radius 3 is 3.00 bits per heavy atom. The summed E-state index contributed by atoms with van der Waals surface area (Å²) in [5.74, 6) is 0.649. The van der Waals surface area contributed by atoms with Crippen molar-refractivity contribution in [2.45, 2.75) is 13.5 Å². The maximum atomic E-state index is 8.89. The van der Waals surface area contributed by atoms with E-state index in [2.05, 4.69) is 35.4 Å². The van der Waals surface area contributed by atoms with E-state index in [0.29, 0.717) is 17.9 Å². The van der Waals surface area contributed by atoms with E-state index in [1.54, 1.807) is 29.7 Å². The predicted octanol–water partition coefficient (Wildman–Crippen LogP) is 2.94. The van der Waals surface area contributed by atoms with Crippen LogP contribution in [0.2, 0.25) is 0 Å². The molecule has 0 bridgehead atoms. The number of nitriles is 1. The first-order chi connectivity index (χ1) is 7.79. The van der Waals surface area contributed by atoms with Crippen LogP contribution in [0.5, 0.6) is 0 Å². The second kappa shape index (κ2) is 4.77. The quantitative estimate of drug-likeness (QED) is 0.880. The molecule has 4 heteroatoms. The molecule has 0 saturated heterocycles. The molecule has 80 valence electrons. The lowest BCUT2D eigenvalue weighted by atomic mass is 10.3. The zero-order valence-corrected chi connectivity index (χ0v) is 9.71. The van der Waals surface area contributed by atoms with Crippen LogP contribution in [0.4, 0.5) is 5.82 Å². The molecule has 0 aliphatic rings. The first-order valence-electron chi connectivity index (χ1n) is 4.94. The Hall–Kier alpha value is -1.86. The lowest BCUT2D eigenvalue weighted by Crippen LogP contribution is -2.01. The molecule has 0 spiro atoms. The van der Waals surface area contributed by atoms with Crippen LogP contribution in [0.1, 0.15) is 15.3 Å². The third kappa shape index (κ3) is 2.38. The highest BCUT2D eigenvalue weighted by Gasteiger charge is 2.02. The van der Waals surface area contributed by atoms with Crippen LogP contribution in [0, 0.1) is 18.3 Å². The van der Waals surface area contributed by atoms with E-state index >= 15 is 0 Å². The number of aromatic nitrogens is 1. The second-order valence-corrected chi connectivity index (χ2v) is 4.75. The van der Waals surface area contributed by atoms with E-state index in [4.69, 9.17) is 5.26 Å². The van der Waals surface area contributed by atoms with Gasteiger partial charge in [-0.1, -0.05) is 0 Å². The van der Waals surface area contributed by atoms with Crippen LogP contribution in [-0.2, 0) is 6.54 Å². The van der Waals surface area contributed by atoms with Crippen LogP contribution in [0.3, 0.4) is 0 Å². The summed E-state index contributed by atoms with van der Waals surface area (Å²) in [7, 11) is 0. The summed E-state index contributed by atoms with van der Waals surface area (Å²) >= 11 is 1.75. The number of nitrogens with zero attached hydrogens (tertiary/aromatic N) is 2. The van der Waals surface area contributed by atoms with Gasteiger partial charge < -0.3 is 5.32 Å². The van der Waals surface area contributed by atoms with Crippen molar-refractivity contribution in [1.29, 1.82) is 5.26 Å². The first kappa shape index (κ1) is 10.7. The smallest absolute Gasteiger partial charge is 0.144 e. The summed E-state index contributed by atoms with van der Waals surface area (Å²) < 4.78 is 0. The highest BCUT2D eigenvalue weighted by Crippen LogP contribution is 2.17. The van der Waals surface area contributed by atoms with Gasteiger partial charge in [0.05, 0.1) is 12.1 Å². The van der Waals surface area contributed by atoms with Gasteiger partial charge in [0.1, 0.15) is 11.9 Å². The molecule has 0 unspecified atom stereocenters. The van der Waals surface area contributed by atoms with E-state index in [1.165, 1.54) is 9.75 Å². The molecule has 0 aromatic carbocycles. The average Bonchev–Trinajstić information content (AvgIpc) is 2.73. The molecule has 2 aromatic rings. The van der Waals surface area contributed by atoms with Crippen LogP contribution >= 0.6 is 11.3 Å². The Labute approximate surface area is 98.4 Å². The Kier molecular flexibility index (Phi) is 3.18. The number of anilines is 1. The van der Waals surface area contributed by atoms with Gasteiger partial charge in [-0.3, -0.25) is 0 Å². The van der Waals surface area contributed by atoms with Crippen molar-refractivity contribution in [3.05, 3.63) is 45.8 Å². The fourth-order valence-electron chi connectivity index (χ4n) is 1.39. The number of aryl methyl sites for hydroxylation is 1. The molecular formula is C12H11N3S. The average molecular weight is 229 g/mol. The van der Waals surface area contributed by atoms with Crippen molar-refractivity contribution >= 4 is 17.2 Å². The Morgan fingerprint density at radius 1 is 1.44 bits per heavy atom. The van der Waals surface area contributed by atoms with Crippen LogP contribution in [0.15, 0.2) is 30.5 Å². The highest BCUT2D eigenvalue weighted by molar-refractivity contribution is 7.11. The summed E-state index contributed by atoms with van der Waals surface area (Å²) in [5, 5.41) is 12.1. The fraction of sp³-hybridized carbons (Fsp3) is 0.167. The van der Waals surface area contributed by atoms with E-state index in [1.807, 2.05) is 0 Å². The molecule has 2 heterocycles. The van der Waals surface area contributed by atoms with Crippen molar-refractivity contribution < 1.29 is 0 Å². The molecule has 2 rings (SSSR count). The second-order valence-electron chi connectivity index (χ2n) is 3.38. The molecule has 0 saturated carbocycles. The molecule has 0 aliphatic heterocycles. The van der Waals surface area contributed by atoms with Gasteiger partial charge in [0.2, 0.25) is 0 Å². The third-order valence-corrected chi connectivity index (χ3v) is 3.15. The highest BCUT2D eigenvalue weighted by atomic mass is 32.1. The van der Waals surface area contributed by atoms with Gasteiger partial charge in [0.15, 0.2) is 0 Å². The molecule has 16 heavy (non-hydrogen) atoms. The van der Waals surface area contributed by atoms with Crippen molar-refractivity contribution in [3.63, 3.8) is 0 Å². The largest absolute Gasteiger partial charge is 0.364 e. The van der Waals surface area contributed by atoms with Crippen molar-refractivity contribution in [2.75, 3.05) is 5.32 Å². The van der Waals surface area contributed by atoms with Gasteiger partial charge in [-0.2, -0.15) is 5.26 Å². The third-order valence-electron chi connectivity index (χ3n) is 2.15. The molecule has 1 N–H and O–H groups in total. The van der Waals surface area contributed by atoms with E-state index in [-0.39, 0.29) is 0 Å². The Balaban J connectivity index is 2.08. The molecule has 0 atom stereocenters. The lowest BCUT2D eigenvalue weighted by Gasteiger charge is -2.04. The number of hydrogen-bond acceptors (Lipinski definition) is 4. The minimum Gasteiger partial charge on any atom is -0.364 e. The Morgan fingerprint density at radius 2 is 2.31 bits per heavy atom. The van der Waals surface area contributed by atoms with Gasteiger partial charge in [0.25, 0.3) is 0 Å². The number of nitrogens with one attached hydrogen (secondary N) is 1. The van der Waals surface area contributed by atoms with Crippen molar-refractivity contribution in [3.8, 4) is 6.07 Å². The summed E-state index contributed by atoms with van der Waals surface area (Å²) in [6.07, 6.45) is 1.68.